The second-order valence-corrected chi connectivity index (χ2v) is 3.14. The van der Waals surface area contributed by atoms with E-state index in [2.05, 4.69) is 36.8 Å². The van der Waals surface area contributed by atoms with E-state index in [0.29, 0.717) is 9.80 Å². The van der Waals surface area contributed by atoms with E-state index in [9.17, 15) is 4.39 Å². The van der Waals surface area contributed by atoms with Gasteiger partial charge in [-0.05, 0) is 22.0 Å². The van der Waals surface area contributed by atoms with Crippen molar-refractivity contribution >= 4 is 31.9 Å². The summed E-state index contributed by atoms with van der Waals surface area (Å²) in [7, 11) is 0. The standard InChI is InChI=1S/C6H4Br2FN/c7-2-4-1-5(8)6(9)3-10-4/h1,3H,2H2. The summed E-state index contributed by atoms with van der Waals surface area (Å²) in [6, 6.07) is 1.64. The third-order valence-electron chi connectivity index (χ3n) is 1.00. The quantitative estimate of drug-likeness (QED) is 0.714. The zero-order valence-electron chi connectivity index (χ0n) is 4.94. The molecule has 0 atom stereocenters. The molecular formula is C6H4Br2FN. The van der Waals surface area contributed by atoms with Crippen LogP contribution in [-0.2, 0) is 5.33 Å². The van der Waals surface area contributed by atoms with Gasteiger partial charge in [0, 0.05) is 5.33 Å². The minimum Gasteiger partial charge on any atom is -0.257 e. The van der Waals surface area contributed by atoms with Gasteiger partial charge in [0.25, 0.3) is 0 Å². The minimum atomic E-state index is -0.329. The fraction of sp³-hybridized carbons (Fsp3) is 0.167. The first-order valence-electron chi connectivity index (χ1n) is 2.60. The van der Waals surface area contributed by atoms with Crippen LogP contribution >= 0.6 is 31.9 Å². The second kappa shape index (κ2) is 3.44. The van der Waals surface area contributed by atoms with Gasteiger partial charge < -0.3 is 0 Å². The lowest BCUT2D eigenvalue weighted by atomic mass is 10.4. The molecule has 54 valence electrons. The predicted octanol–water partition coefficient (Wildman–Crippen LogP) is 2.88. The number of nitrogens with zero attached hydrogens (tertiary/aromatic N) is 1. The highest BCUT2D eigenvalue weighted by atomic mass is 79.9. The van der Waals surface area contributed by atoms with Crippen LogP contribution in [0.15, 0.2) is 16.7 Å². The lowest BCUT2D eigenvalue weighted by molar-refractivity contribution is 0.613. The van der Waals surface area contributed by atoms with Crippen LogP contribution in [0.2, 0.25) is 0 Å². The summed E-state index contributed by atoms with van der Waals surface area (Å²) < 4.78 is 13.0. The fourth-order valence-electron chi connectivity index (χ4n) is 0.527. The molecule has 1 aromatic heterocycles. The number of aromatic nitrogens is 1. The average molecular weight is 269 g/mol. The summed E-state index contributed by atoms with van der Waals surface area (Å²) in [4.78, 5) is 3.81. The maximum atomic E-state index is 12.5. The van der Waals surface area contributed by atoms with E-state index < -0.39 is 0 Å². The molecule has 0 aromatic carbocycles. The normalized spacial score (nSPS) is 9.90. The van der Waals surface area contributed by atoms with Crippen LogP contribution in [-0.4, -0.2) is 4.98 Å². The van der Waals surface area contributed by atoms with Gasteiger partial charge in [-0.1, -0.05) is 15.9 Å². The summed E-state index contributed by atoms with van der Waals surface area (Å²) in [5, 5.41) is 0.645. The van der Waals surface area contributed by atoms with Crippen molar-refractivity contribution in [1.29, 1.82) is 0 Å². The Bertz CT molecular complexity index is 239. The van der Waals surface area contributed by atoms with Crippen LogP contribution in [0.3, 0.4) is 0 Å². The predicted molar refractivity (Wildman–Crippen MR) is 44.5 cm³/mol. The Labute approximate surface area is 74.9 Å². The molecule has 0 bridgehead atoms. The molecule has 0 fully saturated rings. The van der Waals surface area contributed by atoms with Crippen LogP contribution in [0.1, 0.15) is 5.69 Å². The highest BCUT2D eigenvalue weighted by Gasteiger charge is 1.99. The van der Waals surface area contributed by atoms with Crippen LogP contribution in [0.4, 0.5) is 4.39 Å². The van der Waals surface area contributed by atoms with Gasteiger partial charge in [0.15, 0.2) is 5.82 Å². The number of halogens is 3. The van der Waals surface area contributed by atoms with Crippen molar-refractivity contribution in [3.05, 3.63) is 28.2 Å². The topological polar surface area (TPSA) is 12.9 Å². The first kappa shape index (κ1) is 8.14. The van der Waals surface area contributed by atoms with Gasteiger partial charge in [0.2, 0.25) is 0 Å². The maximum absolute atomic E-state index is 12.5. The molecule has 0 aliphatic heterocycles. The molecular weight excluding hydrogens is 265 g/mol. The Hall–Kier alpha value is 0.0400. The lowest BCUT2D eigenvalue weighted by Crippen LogP contribution is -1.86. The molecule has 0 N–H and O–H groups in total. The molecule has 0 saturated heterocycles. The molecule has 0 aliphatic carbocycles. The summed E-state index contributed by atoms with van der Waals surface area (Å²) in [6.07, 6.45) is 1.20. The van der Waals surface area contributed by atoms with Crippen molar-refractivity contribution in [2.24, 2.45) is 0 Å². The summed E-state index contributed by atoms with van der Waals surface area (Å²) in [5.41, 5.74) is 0.813. The number of hydrogen-bond acceptors (Lipinski definition) is 1. The summed E-state index contributed by atoms with van der Waals surface area (Å²) in [6.45, 7) is 0. The first-order valence-corrected chi connectivity index (χ1v) is 4.51. The van der Waals surface area contributed by atoms with E-state index in [-0.39, 0.29) is 5.82 Å². The highest BCUT2D eigenvalue weighted by Crippen LogP contribution is 2.15. The molecule has 0 unspecified atom stereocenters. The van der Waals surface area contributed by atoms with Crippen molar-refractivity contribution in [1.82, 2.24) is 4.98 Å². The van der Waals surface area contributed by atoms with E-state index in [1.54, 1.807) is 6.07 Å². The van der Waals surface area contributed by atoms with E-state index in [1.807, 2.05) is 0 Å². The zero-order valence-corrected chi connectivity index (χ0v) is 8.11. The van der Waals surface area contributed by atoms with Gasteiger partial charge >= 0.3 is 0 Å². The Morgan fingerprint density at radius 2 is 2.30 bits per heavy atom. The molecule has 10 heavy (non-hydrogen) atoms. The Morgan fingerprint density at radius 1 is 1.60 bits per heavy atom. The van der Waals surface area contributed by atoms with E-state index >= 15 is 0 Å². The first-order chi connectivity index (χ1) is 4.74. The van der Waals surface area contributed by atoms with Crippen molar-refractivity contribution < 1.29 is 4.39 Å². The zero-order chi connectivity index (χ0) is 7.56. The van der Waals surface area contributed by atoms with E-state index in [4.69, 9.17) is 0 Å². The smallest absolute Gasteiger partial charge is 0.155 e. The second-order valence-electron chi connectivity index (χ2n) is 1.72. The monoisotopic (exact) mass is 267 g/mol. The molecule has 1 aromatic rings. The molecule has 1 rings (SSSR count). The van der Waals surface area contributed by atoms with Gasteiger partial charge in [-0.25, -0.2) is 4.39 Å². The molecule has 0 aliphatic rings. The van der Waals surface area contributed by atoms with Crippen molar-refractivity contribution in [3.8, 4) is 0 Å². The van der Waals surface area contributed by atoms with E-state index in [0.717, 1.165) is 5.69 Å². The lowest BCUT2D eigenvalue weighted by Gasteiger charge is -1.95. The Morgan fingerprint density at radius 3 is 2.80 bits per heavy atom. The summed E-state index contributed by atoms with van der Waals surface area (Å²) >= 11 is 6.26. The minimum absolute atomic E-state index is 0.329. The SMILES string of the molecule is Fc1cnc(CBr)cc1Br. The fourth-order valence-corrected chi connectivity index (χ4v) is 1.20. The third kappa shape index (κ3) is 1.76. The molecule has 0 saturated carbocycles. The van der Waals surface area contributed by atoms with E-state index in [1.165, 1.54) is 6.20 Å². The van der Waals surface area contributed by atoms with Gasteiger partial charge in [0.05, 0.1) is 16.4 Å². The molecule has 0 amide bonds. The molecule has 4 heteroatoms. The van der Waals surface area contributed by atoms with Gasteiger partial charge in [-0.2, -0.15) is 0 Å². The summed E-state index contributed by atoms with van der Waals surface area (Å²) in [5.74, 6) is -0.329. The number of pyridine rings is 1. The van der Waals surface area contributed by atoms with Crippen molar-refractivity contribution in [2.45, 2.75) is 5.33 Å². The van der Waals surface area contributed by atoms with Crippen LogP contribution in [0.25, 0.3) is 0 Å². The maximum Gasteiger partial charge on any atom is 0.155 e. The van der Waals surface area contributed by atoms with Gasteiger partial charge in [0.1, 0.15) is 0 Å². The third-order valence-corrected chi connectivity index (χ3v) is 2.18. The number of alkyl halides is 1. The molecule has 0 spiro atoms. The highest BCUT2D eigenvalue weighted by molar-refractivity contribution is 9.10. The van der Waals surface area contributed by atoms with Crippen molar-refractivity contribution in [2.75, 3.05) is 0 Å². The van der Waals surface area contributed by atoms with Crippen LogP contribution < -0.4 is 0 Å². The number of rotatable bonds is 1. The van der Waals surface area contributed by atoms with Gasteiger partial charge in [-0.3, -0.25) is 4.98 Å². The van der Waals surface area contributed by atoms with Crippen LogP contribution in [0, 0.1) is 5.82 Å². The average Bonchev–Trinajstić information content (AvgIpc) is 1.95. The largest absolute Gasteiger partial charge is 0.257 e. The molecule has 1 heterocycles. The Balaban J connectivity index is 3.04. The van der Waals surface area contributed by atoms with Crippen molar-refractivity contribution in [3.63, 3.8) is 0 Å². The number of hydrogen-bond donors (Lipinski definition) is 0. The Kier molecular flexibility index (Phi) is 2.80. The van der Waals surface area contributed by atoms with Gasteiger partial charge in [-0.15, -0.1) is 0 Å². The molecule has 1 nitrogen and oxygen atoms in total. The van der Waals surface area contributed by atoms with Crippen LogP contribution in [0.5, 0.6) is 0 Å². The molecule has 0 radical (unpaired) electrons.